The number of non-ortho nitro benzene ring substituents is 1. The van der Waals surface area contributed by atoms with Crippen molar-refractivity contribution in [3.63, 3.8) is 0 Å². The molecule has 0 fully saturated rings. The third kappa shape index (κ3) is 9.14. The zero-order valence-corrected chi connectivity index (χ0v) is 23.4. The van der Waals surface area contributed by atoms with E-state index in [0.29, 0.717) is 17.9 Å². The molecular weight excluding hydrogens is 514 g/mol. The summed E-state index contributed by atoms with van der Waals surface area (Å²) in [4.78, 5) is 39.4. The largest absolute Gasteiger partial charge is 0.497 e. The van der Waals surface area contributed by atoms with Crippen LogP contribution in [0.15, 0.2) is 78.9 Å². The van der Waals surface area contributed by atoms with Crippen LogP contribution in [-0.2, 0) is 28.3 Å². The Labute approximate surface area is 233 Å². The summed E-state index contributed by atoms with van der Waals surface area (Å²) >= 11 is 1.41. The lowest BCUT2D eigenvalue weighted by atomic mass is 10.0. The minimum atomic E-state index is -0.708. The average Bonchev–Trinajstić information content (AvgIpc) is 2.95. The van der Waals surface area contributed by atoms with Crippen LogP contribution in [0.5, 0.6) is 5.75 Å². The van der Waals surface area contributed by atoms with Gasteiger partial charge in [0.05, 0.1) is 17.8 Å². The minimum absolute atomic E-state index is 0.0268. The number of hydrogen-bond acceptors (Lipinski definition) is 6. The van der Waals surface area contributed by atoms with E-state index >= 15 is 0 Å². The maximum atomic E-state index is 13.7. The van der Waals surface area contributed by atoms with Gasteiger partial charge in [-0.15, -0.1) is 11.8 Å². The van der Waals surface area contributed by atoms with Gasteiger partial charge in [-0.05, 0) is 42.2 Å². The molecule has 0 bridgehead atoms. The molecule has 0 saturated heterocycles. The first-order chi connectivity index (χ1) is 18.8. The third-order valence-electron chi connectivity index (χ3n) is 6.40. The SMILES string of the molecule is CC[C@H](C)NC(=O)[C@@H](Cc1ccccc1)N(Cc1cccc(OC)c1)C(=O)CSCc1ccc([N+](=O)[O-])cc1. The van der Waals surface area contributed by atoms with Gasteiger partial charge < -0.3 is 15.0 Å². The van der Waals surface area contributed by atoms with Crippen LogP contribution in [0.25, 0.3) is 0 Å². The van der Waals surface area contributed by atoms with Gasteiger partial charge in [-0.2, -0.15) is 0 Å². The third-order valence-corrected chi connectivity index (χ3v) is 7.39. The number of nitrogens with zero attached hydrogens (tertiary/aromatic N) is 2. The van der Waals surface area contributed by atoms with Crippen LogP contribution in [0.4, 0.5) is 5.69 Å². The van der Waals surface area contributed by atoms with Gasteiger partial charge in [0, 0.05) is 36.9 Å². The van der Waals surface area contributed by atoms with Gasteiger partial charge in [0.1, 0.15) is 11.8 Å². The quantitative estimate of drug-likeness (QED) is 0.214. The maximum absolute atomic E-state index is 13.7. The lowest BCUT2D eigenvalue weighted by Crippen LogP contribution is -2.52. The number of nitro benzene ring substituents is 1. The van der Waals surface area contributed by atoms with E-state index in [2.05, 4.69) is 5.32 Å². The number of methoxy groups -OCH3 is 1. The highest BCUT2D eigenvalue weighted by Crippen LogP contribution is 2.21. The molecule has 0 aliphatic rings. The average molecular weight is 550 g/mol. The van der Waals surface area contributed by atoms with E-state index in [4.69, 9.17) is 4.74 Å². The fourth-order valence-corrected chi connectivity index (χ4v) is 4.89. The first kappa shape index (κ1) is 29.7. The van der Waals surface area contributed by atoms with E-state index in [1.807, 2.05) is 68.4 Å². The first-order valence-electron chi connectivity index (χ1n) is 12.9. The molecule has 0 saturated carbocycles. The van der Waals surface area contributed by atoms with Crippen LogP contribution >= 0.6 is 11.8 Å². The number of rotatable bonds is 14. The molecular formula is C30H35N3O5S. The van der Waals surface area contributed by atoms with Crippen molar-refractivity contribution < 1.29 is 19.2 Å². The summed E-state index contributed by atoms with van der Waals surface area (Å²) in [6, 6.07) is 22.8. The Bertz CT molecular complexity index is 1240. The van der Waals surface area contributed by atoms with E-state index in [1.165, 1.54) is 23.9 Å². The number of nitro groups is 1. The Balaban J connectivity index is 1.85. The van der Waals surface area contributed by atoms with Crippen molar-refractivity contribution in [2.75, 3.05) is 12.9 Å². The number of thioether (sulfide) groups is 1. The molecule has 2 atom stereocenters. The van der Waals surface area contributed by atoms with Gasteiger partial charge in [-0.3, -0.25) is 19.7 Å². The van der Waals surface area contributed by atoms with Crippen LogP contribution < -0.4 is 10.1 Å². The molecule has 0 aliphatic carbocycles. The van der Waals surface area contributed by atoms with E-state index in [1.54, 1.807) is 24.1 Å². The summed E-state index contributed by atoms with van der Waals surface area (Å²) in [5, 5.41) is 14.0. The number of carbonyl (C=O) groups is 2. The van der Waals surface area contributed by atoms with Crippen molar-refractivity contribution in [2.24, 2.45) is 0 Å². The Hall–Kier alpha value is -3.85. The van der Waals surface area contributed by atoms with Crippen molar-refractivity contribution in [2.45, 2.75) is 51.1 Å². The number of ether oxygens (including phenoxy) is 1. The minimum Gasteiger partial charge on any atom is -0.497 e. The molecule has 0 heterocycles. The van der Waals surface area contributed by atoms with Crippen molar-refractivity contribution in [3.8, 4) is 5.75 Å². The van der Waals surface area contributed by atoms with Gasteiger partial charge in [0.2, 0.25) is 11.8 Å². The number of carbonyl (C=O) groups excluding carboxylic acids is 2. The predicted molar refractivity (Wildman–Crippen MR) is 155 cm³/mol. The number of nitrogens with one attached hydrogen (secondary N) is 1. The maximum Gasteiger partial charge on any atom is 0.269 e. The molecule has 0 aliphatic heterocycles. The summed E-state index contributed by atoms with van der Waals surface area (Å²) in [6.45, 7) is 4.20. The summed E-state index contributed by atoms with van der Waals surface area (Å²) in [7, 11) is 1.59. The van der Waals surface area contributed by atoms with Gasteiger partial charge in [-0.1, -0.05) is 61.5 Å². The second-order valence-corrected chi connectivity index (χ2v) is 10.3. The summed E-state index contributed by atoms with van der Waals surface area (Å²) in [6.07, 6.45) is 1.16. The number of amides is 2. The highest BCUT2D eigenvalue weighted by atomic mass is 32.2. The van der Waals surface area contributed by atoms with E-state index in [0.717, 1.165) is 23.1 Å². The molecule has 0 unspecified atom stereocenters. The zero-order valence-electron chi connectivity index (χ0n) is 22.5. The summed E-state index contributed by atoms with van der Waals surface area (Å²) < 4.78 is 5.38. The Morgan fingerprint density at radius 1 is 1.00 bits per heavy atom. The molecule has 206 valence electrons. The van der Waals surface area contributed by atoms with Crippen molar-refractivity contribution in [3.05, 3.63) is 106 Å². The zero-order chi connectivity index (χ0) is 28.2. The van der Waals surface area contributed by atoms with Crippen molar-refractivity contribution in [1.82, 2.24) is 10.2 Å². The van der Waals surface area contributed by atoms with Crippen LogP contribution in [0.3, 0.4) is 0 Å². The van der Waals surface area contributed by atoms with Crippen molar-refractivity contribution in [1.29, 1.82) is 0 Å². The monoisotopic (exact) mass is 549 g/mol. The lowest BCUT2D eigenvalue weighted by molar-refractivity contribution is -0.384. The molecule has 0 aromatic heterocycles. The fraction of sp³-hybridized carbons (Fsp3) is 0.333. The van der Waals surface area contributed by atoms with Gasteiger partial charge in [0.25, 0.3) is 5.69 Å². The smallest absolute Gasteiger partial charge is 0.269 e. The normalized spacial score (nSPS) is 12.3. The molecule has 3 aromatic carbocycles. The molecule has 8 nitrogen and oxygen atoms in total. The first-order valence-corrected chi connectivity index (χ1v) is 14.0. The summed E-state index contributed by atoms with van der Waals surface area (Å²) in [5.41, 5.74) is 2.73. The molecule has 0 radical (unpaired) electrons. The Kier molecular flexibility index (Phi) is 11.4. The highest BCUT2D eigenvalue weighted by molar-refractivity contribution is 7.99. The van der Waals surface area contributed by atoms with E-state index in [-0.39, 0.29) is 35.8 Å². The lowest BCUT2D eigenvalue weighted by Gasteiger charge is -2.32. The fourth-order valence-electron chi connectivity index (χ4n) is 4.02. The van der Waals surface area contributed by atoms with Crippen LogP contribution in [0, 0.1) is 10.1 Å². The van der Waals surface area contributed by atoms with E-state index in [9.17, 15) is 19.7 Å². The molecule has 1 N–H and O–H groups in total. The molecule has 3 aromatic rings. The molecule has 39 heavy (non-hydrogen) atoms. The van der Waals surface area contributed by atoms with Crippen LogP contribution in [0.2, 0.25) is 0 Å². The molecule has 2 amide bonds. The van der Waals surface area contributed by atoms with Gasteiger partial charge in [-0.25, -0.2) is 0 Å². The Morgan fingerprint density at radius 3 is 2.33 bits per heavy atom. The molecule has 0 spiro atoms. The van der Waals surface area contributed by atoms with Gasteiger partial charge in [0.15, 0.2) is 0 Å². The van der Waals surface area contributed by atoms with Crippen LogP contribution in [-0.4, -0.2) is 46.6 Å². The number of hydrogen-bond donors (Lipinski definition) is 1. The van der Waals surface area contributed by atoms with E-state index < -0.39 is 11.0 Å². The number of benzene rings is 3. The van der Waals surface area contributed by atoms with Gasteiger partial charge >= 0.3 is 0 Å². The summed E-state index contributed by atoms with van der Waals surface area (Å²) in [5.74, 6) is 0.994. The second kappa shape index (κ2) is 14.9. The predicted octanol–water partition coefficient (Wildman–Crippen LogP) is 5.39. The highest BCUT2D eigenvalue weighted by Gasteiger charge is 2.31. The molecule has 3 rings (SSSR count). The topological polar surface area (TPSA) is 102 Å². The molecule has 9 heteroatoms. The standard InChI is InChI=1S/C30H35N3O5S/c1-4-22(2)31-30(35)28(18-23-9-6-5-7-10-23)32(19-25-11-8-12-27(17-25)38-3)29(34)21-39-20-24-13-15-26(16-14-24)33(36)37/h5-17,22,28H,4,18-21H2,1-3H3,(H,31,35)/t22-,28+/m0/s1. The van der Waals surface area contributed by atoms with Crippen LogP contribution in [0.1, 0.15) is 37.0 Å². The second-order valence-electron chi connectivity index (χ2n) is 9.31. The Morgan fingerprint density at radius 2 is 1.69 bits per heavy atom. The van der Waals surface area contributed by atoms with Crippen molar-refractivity contribution >= 4 is 29.3 Å².